The number of hydrogen-bond donors (Lipinski definition) is 1. The minimum absolute atomic E-state index is 0.0754. The van der Waals surface area contributed by atoms with E-state index in [1.165, 1.54) is 13.2 Å². The van der Waals surface area contributed by atoms with Gasteiger partial charge in [0.25, 0.3) is 5.91 Å². The Kier molecular flexibility index (Phi) is 3.99. The van der Waals surface area contributed by atoms with Crippen molar-refractivity contribution in [2.24, 2.45) is 0 Å². The zero-order valence-electron chi connectivity index (χ0n) is 12.4. The number of nitrogens with zero attached hydrogens (tertiary/aromatic N) is 1. The van der Waals surface area contributed by atoms with E-state index in [1.54, 1.807) is 24.3 Å². The predicted molar refractivity (Wildman–Crippen MR) is 86.4 cm³/mol. The highest BCUT2D eigenvalue weighted by atomic mass is 35.5. The predicted octanol–water partition coefficient (Wildman–Crippen LogP) is 3.33. The van der Waals surface area contributed by atoms with Crippen molar-refractivity contribution in [1.82, 2.24) is 0 Å². The van der Waals surface area contributed by atoms with Gasteiger partial charge in [-0.2, -0.15) is 0 Å². The molecule has 24 heavy (non-hydrogen) atoms. The number of amides is 2. The Bertz CT molecular complexity index is 877. The van der Waals surface area contributed by atoms with E-state index in [2.05, 4.69) is 0 Å². The van der Waals surface area contributed by atoms with Crippen LogP contribution < -0.4 is 9.64 Å². The fourth-order valence-corrected chi connectivity index (χ4v) is 2.57. The van der Waals surface area contributed by atoms with Crippen LogP contribution in [0.5, 0.6) is 5.75 Å². The molecule has 0 bridgehead atoms. The van der Waals surface area contributed by atoms with Crippen molar-refractivity contribution in [3.63, 3.8) is 0 Å². The molecule has 0 atom stereocenters. The smallest absolute Gasteiger partial charge is 0.301 e. The first-order valence-corrected chi connectivity index (χ1v) is 7.23. The van der Waals surface area contributed by atoms with Crippen LogP contribution in [0.1, 0.15) is 5.56 Å². The second kappa shape index (κ2) is 5.98. The Morgan fingerprint density at radius 3 is 2.33 bits per heavy atom. The van der Waals surface area contributed by atoms with Crippen LogP contribution in [0.3, 0.4) is 0 Å². The lowest BCUT2D eigenvalue weighted by atomic mass is 10.1. The number of anilines is 1. The number of methoxy groups -OCH3 is 1. The van der Waals surface area contributed by atoms with E-state index in [-0.39, 0.29) is 16.3 Å². The monoisotopic (exact) mass is 347 g/mol. The maximum Gasteiger partial charge on any atom is 0.301 e. The Hall–Kier alpha value is -2.86. The average Bonchev–Trinajstić information content (AvgIpc) is 2.80. The normalized spacial score (nSPS) is 14.5. The van der Waals surface area contributed by atoms with E-state index in [9.17, 15) is 19.1 Å². The van der Waals surface area contributed by atoms with Crippen molar-refractivity contribution in [2.75, 3.05) is 12.0 Å². The topological polar surface area (TPSA) is 66.8 Å². The molecule has 0 aliphatic carbocycles. The maximum atomic E-state index is 13.3. The molecule has 1 aliphatic rings. The number of rotatable bonds is 3. The highest BCUT2D eigenvalue weighted by Gasteiger charge is 2.40. The summed E-state index contributed by atoms with van der Waals surface area (Å²) in [6.45, 7) is 0. The van der Waals surface area contributed by atoms with Crippen molar-refractivity contribution in [2.45, 2.75) is 0 Å². The van der Waals surface area contributed by atoms with Crippen LogP contribution in [-0.4, -0.2) is 24.0 Å². The molecular formula is C17H11ClFNO4. The molecule has 0 radical (unpaired) electrons. The molecule has 2 aromatic rings. The summed E-state index contributed by atoms with van der Waals surface area (Å²) in [5.74, 6) is -2.39. The average molecular weight is 348 g/mol. The molecule has 0 saturated heterocycles. The molecule has 5 nitrogen and oxygen atoms in total. The Balaban J connectivity index is 2.02. The number of halogens is 2. The van der Waals surface area contributed by atoms with Gasteiger partial charge in [-0.25, -0.2) is 9.29 Å². The first-order valence-electron chi connectivity index (χ1n) is 6.85. The van der Waals surface area contributed by atoms with E-state index in [0.717, 1.165) is 17.0 Å². The van der Waals surface area contributed by atoms with Crippen LogP contribution in [0.4, 0.5) is 10.1 Å². The SMILES string of the molecule is COc1ccc(C2=C(O)C(=O)N(c3ccc(F)c(Cl)c3)C2=O)cc1. The van der Waals surface area contributed by atoms with Crippen LogP contribution in [0, 0.1) is 5.82 Å². The number of hydrogen-bond acceptors (Lipinski definition) is 4. The minimum atomic E-state index is -0.895. The lowest BCUT2D eigenvalue weighted by Crippen LogP contribution is -2.31. The first kappa shape index (κ1) is 16.0. The van der Waals surface area contributed by atoms with Crippen molar-refractivity contribution < 1.29 is 23.8 Å². The summed E-state index contributed by atoms with van der Waals surface area (Å²) in [6, 6.07) is 9.74. The third-order valence-corrected chi connectivity index (χ3v) is 3.89. The molecular weight excluding hydrogens is 337 g/mol. The van der Waals surface area contributed by atoms with Crippen LogP contribution in [-0.2, 0) is 9.59 Å². The van der Waals surface area contributed by atoms with Gasteiger partial charge in [-0.05, 0) is 35.9 Å². The van der Waals surface area contributed by atoms with Gasteiger partial charge in [-0.1, -0.05) is 23.7 Å². The van der Waals surface area contributed by atoms with Gasteiger partial charge >= 0.3 is 5.91 Å². The summed E-state index contributed by atoms with van der Waals surface area (Å²) < 4.78 is 18.3. The number of ether oxygens (including phenoxy) is 1. The maximum absolute atomic E-state index is 13.3. The quantitative estimate of drug-likeness (QED) is 0.865. The lowest BCUT2D eigenvalue weighted by Gasteiger charge is -2.15. The summed E-state index contributed by atoms with van der Waals surface area (Å²) in [7, 11) is 1.50. The molecule has 2 amide bonds. The van der Waals surface area contributed by atoms with E-state index < -0.39 is 23.4 Å². The highest BCUT2D eigenvalue weighted by molar-refractivity contribution is 6.45. The van der Waals surface area contributed by atoms with Gasteiger partial charge in [0.1, 0.15) is 11.6 Å². The van der Waals surface area contributed by atoms with Gasteiger partial charge in [-0.3, -0.25) is 9.59 Å². The van der Waals surface area contributed by atoms with Gasteiger partial charge in [0, 0.05) is 0 Å². The second-order valence-electron chi connectivity index (χ2n) is 5.00. The number of aliphatic hydroxyl groups is 1. The van der Waals surface area contributed by atoms with Crippen LogP contribution in [0.2, 0.25) is 5.02 Å². The molecule has 0 saturated carbocycles. The summed E-state index contributed by atoms with van der Waals surface area (Å²) in [6.07, 6.45) is 0. The number of aliphatic hydroxyl groups excluding tert-OH is 1. The van der Waals surface area contributed by atoms with Gasteiger partial charge in [-0.15, -0.1) is 0 Å². The van der Waals surface area contributed by atoms with E-state index in [0.29, 0.717) is 11.3 Å². The molecule has 0 unspecified atom stereocenters. The van der Waals surface area contributed by atoms with Gasteiger partial charge in [0.05, 0.1) is 23.4 Å². The van der Waals surface area contributed by atoms with Crippen LogP contribution in [0.15, 0.2) is 48.2 Å². The third kappa shape index (κ3) is 2.51. The van der Waals surface area contributed by atoms with Gasteiger partial charge < -0.3 is 9.84 Å². The zero-order chi connectivity index (χ0) is 17.4. The molecule has 122 valence electrons. The molecule has 0 spiro atoms. The summed E-state index contributed by atoms with van der Waals surface area (Å²) in [4.78, 5) is 25.6. The zero-order valence-corrected chi connectivity index (χ0v) is 13.2. The molecule has 0 fully saturated rings. The number of carbonyl (C=O) groups is 2. The van der Waals surface area contributed by atoms with Gasteiger partial charge in [0.2, 0.25) is 0 Å². The fraction of sp³-hybridized carbons (Fsp3) is 0.0588. The van der Waals surface area contributed by atoms with Crippen molar-refractivity contribution in [3.8, 4) is 5.75 Å². The summed E-state index contributed by atoms with van der Waals surface area (Å²) in [5, 5.41) is 9.86. The molecule has 7 heteroatoms. The third-order valence-electron chi connectivity index (χ3n) is 3.60. The summed E-state index contributed by atoms with van der Waals surface area (Å²) in [5.41, 5.74) is 0.303. The standard InChI is InChI=1S/C17H11ClFNO4/c1-24-11-5-2-9(3-6-11)14-15(21)17(23)20(16(14)22)10-4-7-13(19)12(18)8-10/h2-8,21H,1H3. The molecule has 1 aliphatic heterocycles. The molecule has 3 rings (SSSR count). The fourth-order valence-electron chi connectivity index (χ4n) is 2.39. The molecule has 0 aromatic heterocycles. The van der Waals surface area contributed by atoms with E-state index >= 15 is 0 Å². The van der Waals surface area contributed by atoms with Crippen LogP contribution >= 0.6 is 11.6 Å². The molecule has 1 heterocycles. The van der Waals surface area contributed by atoms with E-state index in [1.807, 2.05) is 0 Å². The Morgan fingerprint density at radius 1 is 1.08 bits per heavy atom. The first-order chi connectivity index (χ1) is 11.4. The Morgan fingerprint density at radius 2 is 1.75 bits per heavy atom. The summed E-state index contributed by atoms with van der Waals surface area (Å²) >= 11 is 5.70. The Labute approximate surface area is 141 Å². The molecule has 1 N–H and O–H groups in total. The largest absolute Gasteiger partial charge is 0.502 e. The van der Waals surface area contributed by atoms with Crippen molar-refractivity contribution in [1.29, 1.82) is 0 Å². The van der Waals surface area contributed by atoms with Crippen LogP contribution in [0.25, 0.3) is 5.57 Å². The van der Waals surface area contributed by atoms with Gasteiger partial charge in [0.15, 0.2) is 5.76 Å². The van der Waals surface area contributed by atoms with E-state index in [4.69, 9.17) is 16.3 Å². The second-order valence-corrected chi connectivity index (χ2v) is 5.40. The lowest BCUT2D eigenvalue weighted by molar-refractivity contribution is -0.121. The highest BCUT2D eigenvalue weighted by Crippen LogP contribution is 2.33. The van der Waals surface area contributed by atoms with Crippen molar-refractivity contribution >= 4 is 34.7 Å². The minimum Gasteiger partial charge on any atom is -0.502 e. The number of carbonyl (C=O) groups excluding carboxylic acids is 2. The van der Waals surface area contributed by atoms with Crippen molar-refractivity contribution in [3.05, 3.63) is 64.6 Å². The number of benzene rings is 2. The molecule has 2 aromatic carbocycles. The number of imide groups is 1.